The van der Waals surface area contributed by atoms with E-state index in [1.54, 1.807) is 7.11 Å². The minimum absolute atomic E-state index is 0.0756. The van der Waals surface area contributed by atoms with Crippen molar-refractivity contribution in [2.45, 2.75) is 25.9 Å². The molecule has 2 atom stereocenters. The van der Waals surface area contributed by atoms with Gasteiger partial charge in [0.2, 0.25) is 0 Å². The highest BCUT2D eigenvalue weighted by Gasteiger charge is 2.42. The number of rotatable bonds is 6. The lowest BCUT2D eigenvalue weighted by Gasteiger charge is -2.29. The Labute approximate surface area is 235 Å². The molecule has 0 spiro atoms. The molecule has 2 aliphatic rings. The standard InChI is InChI=1S/C31H33N5O2S/c1-21-20-27(22(2)35(21)24-9-7-23(8-10-24)34-16-18-38-19-17-34)30-29(28-6-4-5-15-32-28)33-31(39)36(30)25-11-13-26(37-3)14-12-25/h4-15,20,29-30H,16-19H2,1-3H3,(H,33,39)/t29-,30-/m1/s1. The highest BCUT2D eigenvalue weighted by molar-refractivity contribution is 7.80. The van der Waals surface area contributed by atoms with Crippen LogP contribution in [0.3, 0.4) is 0 Å². The molecule has 6 rings (SSSR count). The van der Waals surface area contributed by atoms with E-state index in [2.05, 4.69) is 82.1 Å². The van der Waals surface area contributed by atoms with Crippen molar-refractivity contribution in [3.8, 4) is 11.4 Å². The van der Waals surface area contributed by atoms with Gasteiger partial charge in [-0.3, -0.25) is 4.98 Å². The number of benzene rings is 2. The number of hydrogen-bond donors (Lipinski definition) is 1. The number of aromatic nitrogens is 2. The Morgan fingerprint density at radius 3 is 2.28 bits per heavy atom. The van der Waals surface area contributed by atoms with Gasteiger partial charge in [0.15, 0.2) is 5.11 Å². The number of nitrogens with zero attached hydrogens (tertiary/aromatic N) is 4. The lowest BCUT2D eigenvalue weighted by molar-refractivity contribution is 0.122. The van der Waals surface area contributed by atoms with Gasteiger partial charge < -0.3 is 29.2 Å². The average Bonchev–Trinajstić information content (AvgIpc) is 3.48. The molecule has 0 aliphatic carbocycles. The predicted octanol–water partition coefficient (Wildman–Crippen LogP) is 5.51. The summed E-state index contributed by atoms with van der Waals surface area (Å²) in [5, 5.41) is 4.26. The fourth-order valence-electron chi connectivity index (χ4n) is 5.81. The molecule has 4 heterocycles. The van der Waals surface area contributed by atoms with E-state index < -0.39 is 0 Å². The zero-order valence-electron chi connectivity index (χ0n) is 22.5. The first kappa shape index (κ1) is 25.4. The maximum Gasteiger partial charge on any atom is 0.174 e. The fraction of sp³-hybridized carbons (Fsp3) is 0.290. The summed E-state index contributed by atoms with van der Waals surface area (Å²) in [6.45, 7) is 7.77. The maximum atomic E-state index is 5.93. The first-order valence-corrected chi connectivity index (χ1v) is 13.7. The summed E-state index contributed by atoms with van der Waals surface area (Å²) < 4.78 is 13.3. The van der Waals surface area contributed by atoms with Crippen LogP contribution < -0.4 is 19.9 Å². The molecule has 39 heavy (non-hydrogen) atoms. The maximum absolute atomic E-state index is 5.93. The van der Waals surface area contributed by atoms with E-state index in [0.717, 1.165) is 49.1 Å². The van der Waals surface area contributed by atoms with Crippen molar-refractivity contribution in [2.75, 3.05) is 43.2 Å². The number of nitrogens with one attached hydrogen (secondary N) is 1. The van der Waals surface area contributed by atoms with E-state index in [-0.39, 0.29) is 12.1 Å². The molecular weight excluding hydrogens is 506 g/mol. The van der Waals surface area contributed by atoms with Gasteiger partial charge >= 0.3 is 0 Å². The molecule has 2 aromatic carbocycles. The number of pyridine rings is 1. The Bertz CT molecular complexity index is 1450. The Kier molecular flexibility index (Phi) is 6.97. The zero-order valence-corrected chi connectivity index (χ0v) is 23.3. The van der Waals surface area contributed by atoms with Crippen LogP contribution in [0.4, 0.5) is 11.4 Å². The van der Waals surface area contributed by atoms with Crippen molar-refractivity contribution < 1.29 is 9.47 Å². The molecule has 2 fully saturated rings. The number of ether oxygens (including phenoxy) is 2. The molecule has 200 valence electrons. The molecule has 0 bridgehead atoms. The van der Waals surface area contributed by atoms with Crippen molar-refractivity contribution >= 4 is 28.7 Å². The molecule has 4 aromatic rings. The third kappa shape index (κ3) is 4.75. The second-order valence-corrected chi connectivity index (χ2v) is 10.4. The molecule has 0 amide bonds. The highest BCUT2D eigenvalue weighted by atomic mass is 32.1. The van der Waals surface area contributed by atoms with Crippen molar-refractivity contribution in [1.29, 1.82) is 0 Å². The van der Waals surface area contributed by atoms with E-state index in [9.17, 15) is 0 Å². The number of morpholine rings is 1. The molecule has 0 saturated carbocycles. The molecule has 0 unspecified atom stereocenters. The lowest BCUT2D eigenvalue weighted by Crippen LogP contribution is -2.36. The van der Waals surface area contributed by atoms with Crippen LogP contribution in [0.1, 0.15) is 34.7 Å². The van der Waals surface area contributed by atoms with E-state index in [1.807, 2.05) is 30.5 Å². The van der Waals surface area contributed by atoms with Crippen LogP contribution >= 0.6 is 12.2 Å². The van der Waals surface area contributed by atoms with Crippen molar-refractivity contribution in [3.63, 3.8) is 0 Å². The van der Waals surface area contributed by atoms with Gasteiger partial charge in [-0.05, 0) is 98.4 Å². The SMILES string of the molecule is COc1ccc(N2C(=S)N[C@H](c3ccccn3)[C@H]2c2cc(C)n(-c3ccc(N4CCOCC4)cc3)c2C)cc1. The van der Waals surface area contributed by atoms with Crippen LogP contribution in [0.25, 0.3) is 5.69 Å². The van der Waals surface area contributed by atoms with Gasteiger partial charge in [0, 0.05) is 47.7 Å². The van der Waals surface area contributed by atoms with E-state index in [0.29, 0.717) is 5.11 Å². The number of methoxy groups -OCH3 is 1. The number of thiocarbonyl (C=S) groups is 1. The van der Waals surface area contributed by atoms with Gasteiger partial charge in [-0.15, -0.1) is 0 Å². The van der Waals surface area contributed by atoms with Crippen LogP contribution in [0, 0.1) is 13.8 Å². The summed E-state index contributed by atoms with van der Waals surface area (Å²) in [6.07, 6.45) is 1.84. The minimum atomic E-state index is -0.0987. The zero-order chi connectivity index (χ0) is 26.9. The Hall–Kier alpha value is -3.88. The smallest absolute Gasteiger partial charge is 0.174 e. The Morgan fingerprint density at radius 1 is 0.923 bits per heavy atom. The molecule has 2 aromatic heterocycles. The van der Waals surface area contributed by atoms with Crippen LogP contribution in [0.15, 0.2) is 79.0 Å². The first-order valence-electron chi connectivity index (χ1n) is 13.3. The minimum Gasteiger partial charge on any atom is -0.497 e. The Morgan fingerprint density at radius 2 is 1.62 bits per heavy atom. The van der Waals surface area contributed by atoms with Gasteiger partial charge in [-0.2, -0.15) is 0 Å². The van der Waals surface area contributed by atoms with Gasteiger partial charge in [0.1, 0.15) is 5.75 Å². The monoisotopic (exact) mass is 539 g/mol. The third-order valence-corrected chi connectivity index (χ3v) is 8.04. The second kappa shape index (κ2) is 10.7. The highest BCUT2D eigenvalue weighted by Crippen LogP contribution is 2.44. The Balaban J connectivity index is 1.41. The quantitative estimate of drug-likeness (QED) is 0.324. The molecule has 8 heteroatoms. The van der Waals surface area contributed by atoms with Gasteiger partial charge in [-0.25, -0.2) is 0 Å². The van der Waals surface area contributed by atoms with Crippen LogP contribution in [-0.4, -0.2) is 48.1 Å². The van der Waals surface area contributed by atoms with Crippen LogP contribution in [0.5, 0.6) is 5.75 Å². The van der Waals surface area contributed by atoms with Crippen molar-refractivity contribution in [2.24, 2.45) is 0 Å². The predicted molar refractivity (Wildman–Crippen MR) is 159 cm³/mol. The van der Waals surface area contributed by atoms with E-state index >= 15 is 0 Å². The van der Waals surface area contributed by atoms with E-state index in [1.165, 1.54) is 22.6 Å². The summed E-state index contributed by atoms with van der Waals surface area (Å²) in [5.41, 5.74) is 7.92. The molecule has 2 aliphatic heterocycles. The van der Waals surface area contributed by atoms with Gasteiger partial charge in [-0.1, -0.05) is 6.07 Å². The average molecular weight is 540 g/mol. The van der Waals surface area contributed by atoms with Crippen LogP contribution in [0.2, 0.25) is 0 Å². The van der Waals surface area contributed by atoms with Crippen LogP contribution in [-0.2, 0) is 4.74 Å². The largest absolute Gasteiger partial charge is 0.497 e. The molecule has 2 saturated heterocycles. The number of aryl methyl sites for hydroxylation is 1. The first-order chi connectivity index (χ1) is 19.0. The summed E-state index contributed by atoms with van der Waals surface area (Å²) in [6, 6.07) is 25.1. The van der Waals surface area contributed by atoms with Gasteiger partial charge in [0.05, 0.1) is 38.1 Å². The molecular formula is C31H33N5O2S. The summed E-state index contributed by atoms with van der Waals surface area (Å²) in [7, 11) is 1.68. The normalized spacial score (nSPS) is 19.3. The number of hydrogen-bond acceptors (Lipinski definition) is 5. The summed E-state index contributed by atoms with van der Waals surface area (Å²) in [4.78, 5) is 9.30. The van der Waals surface area contributed by atoms with Crippen molar-refractivity contribution in [3.05, 3.63) is 102 Å². The topological polar surface area (TPSA) is 54.8 Å². The summed E-state index contributed by atoms with van der Waals surface area (Å²) >= 11 is 5.93. The van der Waals surface area contributed by atoms with Gasteiger partial charge in [0.25, 0.3) is 0 Å². The molecule has 0 radical (unpaired) electrons. The van der Waals surface area contributed by atoms with E-state index in [4.69, 9.17) is 26.7 Å². The lowest BCUT2D eigenvalue weighted by atomic mass is 9.96. The second-order valence-electron chi connectivity index (χ2n) is 9.97. The van der Waals surface area contributed by atoms with Crippen molar-refractivity contribution in [1.82, 2.24) is 14.9 Å². The molecule has 7 nitrogen and oxygen atoms in total. The fourth-order valence-corrected chi connectivity index (χ4v) is 6.16. The number of anilines is 2. The molecule has 1 N–H and O–H groups in total. The third-order valence-electron chi connectivity index (χ3n) is 7.72. The summed E-state index contributed by atoms with van der Waals surface area (Å²) in [5.74, 6) is 0.813.